The van der Waals surface area contributed by atoms with Gasteiger partial charge in [-0.05, 0) is 29.3 Å². The molecule has 2 aromatic rings. The van der Waals surface area contributed by atoms with Gasteiger partial charge in [0.05, 0.1) is 0 Å². The molecule has 0 aliphatic heterocycles. The molecule has 0 nitrogen and oxygen atoms in total. The van der Waals surface area contributed by atoms with E-state index in [4.69, 9.17) is 0 Å². The first-order valence-electron chi connectivity index (χ1n) is 3.96. The number of fused-ring (bicyclic) bond motifs is 1. The van der Waals surface area contributed by atoms with Crippen LogP contribution in [0.2, 0.25) is 0 Å². The van der Waals surface area contributed by atoms with Crippen molar-refractivity contribution in [3.63, 3.8) is 0 Å². The van der Waals surface area contributed by atoms with E-state index in [2.05, 4.69) is 43.8 Å². The average molecular weight is 174 g/mol. The molecule has 0 aromatic heterocycles. The highest BCUT2D eigenvalue weighted by Gasteiger charge is 1.98. The van der Waals surface area contributed by atoms with E-state index in [1.54, 1.807) is 0 Å². The maximum atomic E-state index is 4.42. The third-order valence-corrected chi connectivity index (χ3v) is 2.46. The molecule has 0 atom stereocenters. The summed E-state index contributed by atoms with van der Waals surface area (Å²) in [4.78, 5) is 1.06. The quantitative estimate of drug-likeness (QED) is 0.581. The van der Waals surface area contributed by atoms with Crippen molar-refractivity contribution in [3.05, 3.63) is 42.0 Å². The maximum absolute atomic E-state index is 4.42. The minimum absolute atomic E-state index is 1.06. The third kappa shape index (κ3) is 1.10. The molecule has 0 aliphatic carbocycles. The van der Waals surface area contributed by atoms with E-state index in [9.17, 15) is 0 Å². The fourth-order valence-corrected chi connectivity index (χ4v) is 1.90. The number of hydrogen-bond acceptors (Lipinski definition) is 1. The van der Waals surface area contributed by atoms with Gasteiger partial charge in [0.1, 0.15) is 0 Å². The second-order valence-electron chi connectivity index (χ2n) is 2.95. The summed E-state index contributed by atoms with van der Waals surface area (Å²) < 4.78 is 0. The van der Waals surface area contributed by atoms with Crippen molar-refractivity contribution in [1.29, 1.82) is 0 Å². The van der Waals surface area contributed by atoms with Crippen LogP contribution >= 0.6 is 12.6 Å². The first-order chi connectivity index (χ1) is 5.79. The minimum atomic E-state index is 1.06. The van der Waals surface area contributed by atoms with Crippen molar-refractivity contribution in [2.75, 3.05) is 0 Å². The Morgan fingerprint density at radius 2 is 1.67 bits per heavy atom. The second kappa shape index (κ2) is 2.83. The predicted octanol–water partition coefficient (Wildman–Crippen LogP) is 3.44. The van der Waals surface area contributed by atoms with Crippen LogP contribution in [0.1, 0.15) is 5.56 Å². The molecule has 0 saturated carbocycles. The average Bonchev–Trinajstić information content (AvgIpc) is 2.04. The van der Waals surface area contributed by atoms with Crippen LogP contribution in [-0.4, -0.2) is 0 Å². The molecule has 1 heteroatoms. The van der Waals surface area contributed by atoms with Gasteiger partial charge < -0.3 is 0 Å². The molecule has 0 saturated heterocycles. The SMILES string of the molecule is Cc1cccc2cccc(S)c12. The maximum Gasteiger partial charge on any atom is 0.0121 e. The molecule has 0 heterocycles. The van der Waals surface area contributed by atoms with Gasteiger partial charge in [-0.1, -0.05) is 30.3 Å². The summed E-state index contributed by atoms with van der Waals surface area (Å²) in [6, 6.07) is 12.5. The van der Waals surface area contributed by atoms with Gasteiger partial charge in [-0.2, -0.15) is 0 Å². The number of hydrogen-bond donors (Lipinski definition) is 1. The first-order valence-corrected chi connectivity index (χ1v) is 4.41. The molecule has 0 spiro atoms. The van der Waals surface area contributed by atoms with Crippen molar-refractivity contribution in [1.82, 2.24) is 0 Å². The van der Waals surface area contributed by atoms with Gasteiger partial charge in [0.15, 0.2) is 0 Å². The van der Waals surface area contributed by atoms with Gasteiger partial charge in [0, 0.05) is 4.90 Å². The van der Waals surface area contributed by atoms with E-state index in [0.29, 0.717) is 0 Å². The van der Waals surface area contributed by atoms with Crippen molar-refractivity contribution >= 4 is 23.4 Å². The van der Waals surface area contributed by atoms with Crippen molar-refractivity contribution in [2.24, 2.45) is 0 Å². The van der Waals surface area contributed by atoms with E-state index >= 15 is 0 Å². The van der Waals surface area contributed by atoms with E-state index in [0.717, 1.165) is 4.90 Å². The van der Waals surface area contributed by atoms with Crippen molar-refractivity contribution in [2.45, 2.75) is 11.8 Å². The van der Waals surface area contributed by atoms with Crippen molar-refractivity contribution in [3.8, 4) is 0 Å². The lowest BCUT2D eigenvalue weighted by Gasteiger charge is -2.03. The molecule has 0 bridgehead atoms. The Morgan fingerprint density at radius 3 is 2.33 bits per heavy atom. The van der Waals surface area contributed by atoms with Gasteiger partial charge in [-0.15, -0.1) is 12.6 Å². The molecule has 2 rings (SSSR count). The lowest BCUT2D eigenvalue weighted by atomic mass is 10.1. The van der Waals surface area contributed by atoms with Crippen LogP contribution in [0.3, 0.4) is 0 Å². The van der Waals surface area contributed by atoms with Crippen LogP contribution in [0, 0.1) is 6.92 Å². The van der Waals surface area contributed by atoms with E-state index in [1.165, 1.54) is 16.3 Å². The summed E-state index contributed by atoms with van der Waals surface area (Å²) in [5.74, 6) is 0. The van der Waals surface area contributed by atoms with Gasteiger partial charge in [-0.3, -0.25) is 0 Å². The zero-order chi connectivity index (χ0) is 8.55. The Bertz CT molecular complexity index is 382. The molecule has 0 N–H and O–H groups in total. The summed E-state index contributed by atoms with van der Waals surface area (Å²) >= 11 is 4.42. The number of rotatable bonds is 0. The van der Waals surface area contributed by atoms with Crippen LogP contribution in [0.15, 0.2) is 41.3 Å². The topological polar surface area (TPSA) is 0 Å². The van der Waals surface area contributed by atoms with Crippen LogP contribution in [0.25, 0.3) is 10.8 Å². The van der Waals surface area contributed by atoms with Crippen LogP contribution < -0.4 is 0 Å². The monoisotopic (exact) mass is 174 g/mol. The largest absolute Gasteiger partial charge is 0.143 e. The summed E-state index contributed by atoms with van der Waals surface area (Å²) in [5.41, 5.74) is 1.29. The van der Waals surface area contributed by atoms with E-state index in [1.807, 2.05) is 12.1 Å². The molecule has 12 heavy (non-hydrogen) atoms. The van der Waals surface area contributed by atoms with E-state index < -0.39 is 0 Å². The summed E-state index contributed by atoms with van der Waals surface area (Å²) in [7, 11) is 0. The zero-order valence-electron chi connectivity index (χ0n) is 6.91. The fourth-order valence-electron chi connectivity index (χ4n) is 1.51. The van der Waals surface area contributed by atoms with Gasteiger partial charge in [0.25, 0.3) is 0 Å². The highest BCUT2D eigenvalue weighted by molar-refractivity contribution is 7.80. The molecule has 0 fully saturated rings. The summed E-state index contributed by atoms with van der Waals surface area (Å²) in [5, 5.41) is 2.53. The highest BCUT2D eigenvalue weighted by Crippen LogP contribution is 2.24. The van der Waals surface area contributed by atoms with Gasteiger partial charge >= 0.3 is 0 Å². The Hall–Kier alpha value is -0.950. The summed E-state index contributed by atoms with van der Waals surface area (Å²) in [6.07, 6.45) is 0. The number of aryl methyl sites for hydroxylation is 1. The molecule has 0 amide bonds. The Kier molecular flexibility index (Phi) is 1.81. The molecular formula is C11H10S. The van der Waals surface area contributed by atoms with Crippen LogP contribution in [0.4, 0.5) is 0 Å². The second-order valence-corrected chi connectivity index (χ2v) is 3.43. The normalized spacial score (nSPS) is 10.5. The minimum Gasteiger partial charge on any atom is -0.143 e. The predicted molar refractivity (Wildman–Crippen MR) is 55.9 cm³/mol. The highest BCUT2D eigenvalue weighted by atomic mass is 32.1. The molecule has 60 valence electrons. The Labute approximate surface area is 77.6 Å². The lowest BCUT2D eigenvalue weighted by Crippen LogP contribution is -1.78. The fraction of sp³-hybridized carbons (Fsp3) is 0.0909. The van der Waals surface area contributed by atoms with E-state index in [-0.39, 0.29) is 0 Å². The molecule has 0 unspecified atom stereocenters. The standard InChI is InChI=1S/C11H10S/c1-8-4-2-5-9-6-3-7-10(12)11(8)9/h2-7,12H,1H3. The number of thiol groups is 1. The summed E-state index contributed by atoms with van der Waals surface area (Å²) in [6.45, 7) is 2.11. The van der Waals surface area contributed by atoms with Crippen molar-refractivity contribution < 1.29 is 0 Å². The first kappa shape index (κ1) is 7.69. The zero-order valence-corrected chi connectivity index (χ0v) is 7.81. The van der Waals surface area contributed by atoms with Gasteiger partial charge in [0.2, 0.25) is 0 Å². The lowest BCUT2D eigenvalue weighted by molar-refractivity contribution is 1.46. The number of benzene rings is 2. The molecular weight excluding hydrogens is 164 g/mol. The Balaban J connectivity index is 2.96. The van der Waals surface area contributed by atoms with Crippen LogP contribution in [0.5, 0.6) is 0 Å². The molecule has 2 aromatic carbocycles. The third-order valence-electron chi connectivity index (χ3n) is 2.09. The smallest absolute Gasteiger partial charge is 0.0121 e. The molecule has 0 radical (unpaired) electrons. The van der Waals surface area contributed by atoms with Crippen LogP contribution in [-0.2, 0) is 0 Å². The Morgan fingerprint density at radius 1 is 1.00 bits per heavy atom. The molecule has 0 aliphatic rings. The van der Waals surface area contributed by atoms with Gasteiger partial charge in [-0.25, -0.2) is 0 Å².